The summed E-state index contributed by atoms with van der Waals surface area (Å²) in [4.78, 5) is 11.5. The molecule has 0 amide bonds. The molecule has 0 bridgehead atoms. The smallest absolute Gasteiger partial charge is 0.399 e. The maximum absolute atomic E-state index is 13.2. The van der Waals surface area contributed by atoms with Crippen LogP contribution in [0.4, 0.5) is 36.3 Å². The van der Waals surface area contributed by atoms with Gasteiger partial charge in [-0.05, 0) is 49.7 Å². The number of hydrogen-bond donors (Lipinski definition) is 3. The highest BCUT2D eigenvalue weighted by atomic mass is 19.4. The average Bonchev–Trinajstić information content (AvgIpc) is 3.16. The monoisotopic (exact) mass is 430 g/mol. The van der Waals surface area contributed by atoms with E-state index in [2.05, 4.69) is 32.4 Å². The van der Waals surface area contributed by atoms with E-state index in [4.69, 9.17) is 5.73 Å². The predicted molar refractivity (Wildman–Crippen MR) is 118 cm³/mol. The lowest BCUT2D eigenvalue weighted by atomic mass is 10.1. The summed E-state index contributed by atoms with van der Waals surface area (Å²) in [6, 6.07) is 9.63. The zero-order valence-electron chi connectivity index (χ0n) is 17.4. The third kappa shape index (κ3) is 4.51. The topological polar surface area (TPSA) is 79.1 Å². The molecular weight excluding hydrogens is 405 g/mol. The number of hydrogen-bond acceptors (Lipinski definition) is 6. The van der Waals surface area contributed by atoms with E-state index >= 15 is 0 Å². The number of nitrogen functional groups attached to an aromatic ring is 1. The third-order valence-electron chi connectivity index (χ3n) is 5.43. The highest BCUT2D eigenvalue weighted by molar-refractivity contribution is 5.93. The lowest BCUT2D eigenvalue weighted by Gasteiger charge is -2.21. The molecule has 0 saturated carbocycles. The maximum Gasteiger partial charge on any atom is 0.416 e. The Morgan fingerprint density at radius 3 is 2.74 bits per heavy atom. The number of aryl methyl sites for hydroxylation is 1. The van der Waals surface area contributed by atoms with Gasteiger partial charge in [-0.25, -0.2) is 4.98 Å². The van der Waals surface area contributed by atoms with Crippen LogP contribution in [0.5, 0.6) is 0 Å². The van der Waals surface area contributed by atoms with Crippen molar-refractivity contribution in [2.75, 3.05) is 35.6 Å². The molecule has 9 heteroatoms. The van der Waals surface area contributed by atoms with Gasteiger partial charge < -0.3 is 21.3 Å². The minimum atomic E-state index is -4.49. The number of likely N-dealkylation sites (N-methyl/N-ethyl adjacent to an activating group) is 1. The van der Waals surface area contributed by atoms with E-state index in [1.54, 1.807) is 0 Å². The number of nitrogens with one attached hydrogen (secondary N) is 2. The molecule has 1 atom stereocenters. The van der Waals surface area contributed by atoms with Crippen molar-refractivity contribution in [3.8, 4) is 0 Å². The molecule has 3 aromatic rings. The second-order valence-corrected chi connectivity index (χ2v) is 7.80. The van der Waals surface area contributed by atoms with Gasteiger partial charge in [-0.3, -0.25) is 0 Å². The van der Waals surface area contributed by atoms with Crippen LogP contribution in [0.15, 0.2) is 36.4 Å². The second-order valence-electron chi connectivity index (χ2n) is 7.80. The largest absolute Gasteiger partial charge is 0.416 e. The number of fused-ring (bicyclic) bond motifs is 1. The second kappa shape index (κ2) is 8.22. The molecule has 1 unspecified atom stereocenters. The molecule has 1 saturated heterocycles. The van der Waals surface area contributed by atoms with Crippen molar-refractivity contribution in [1.82, 2.24) is 15.3 Å². The number of aromatic nitrogens is 2. The van der Waals surface area contributed by atoms with Crippen LogP contribution in [0.2, 0.25) is 0 Å². The van der Waals surface area contributed by atoms with Crippen LogP contribution < -0.4 is 21.3 Å². The molecule has 2 aromatic carbocycles. The number of para-hydroxylation sites is 1. The standard InChI is InChI=1S/C22H25F3N6/c1-3-27-16-7-8-31(12-16)20-18-6-4-5-13(2)19(18)29-21(30-20)28-17-10-14(22(23,24)25)9-15(26)11-17/h4-6,9-11,16,27H,3,7-8,12,26H2,1-2H3,(H,28,29,30). The van der Waals surface area contributed by atoms with Crippen molar-refractivity contribution >= 4 is 34.0 Å². The number of anilines is 4. The molecule has 1 aliphatic heterocycles. The summed E-state index contributed by atoms with van der Waals surface area (Å²) in [6.07, 6.45) is -3.49. The quantitative estimate of drug-likeness (QED) is 0.519. The van der Waals surface area contributed by atoms with Gasteiger partial charge in [-0.1, -0.05) is 19.1 Å². The summed E-state index contributed by atoms with van der Waals surface area (Å²) in [5, 5.41) is 7.32. The molecule has 31 heavy (non-hydrogen) atoms. The van der Waals surface area contributed by atoms with Gasteiger partial charge in [0.1, 0.15) is 5.82 Å². The van der Waals surface area contributed by atoms with E-state index in [0.717, 1.165) is 60.5 Å². The van der Waals surface area contributed by atoms with E-state index in [9.17, 15) is 13.2 Å². The van der Waals surface area contributed by atoms with Crippen molar-refractivity contribution in [3.05, 3.63) is 47.5 Å². The van der Waals surface area contributed by atoms with Crippen LogP contribution in [0.25, 0.3) is 10.9 Å². The molecule has 1 fully saturated rings. The fourth-order valence-electron chi connectivity index (χ4n) is 4.00. The lowest BCUT2D eigenvalue weighted by molar-refractivity contribution is -0.137. The number of alkyl halides is 3. The first-order chi connectivity index (χ1) is 14.7. The van der Waals surface area contributed by atoms with E-state index < -0.39 is 11.7 Å². The number of halogens is 3. The van der Waals surface area contributed by atoms with Crippen molar-refractivity contribution < 1.29 is 13.2 Å². The summed E-state index contributed by atoms with van der Waals surface area (Å²) in [5.41, 5.74) is 6.82. The van der Waals surface area contributed by atoms with Gasteiger partial charge in [-0.15, -0.1) is 0 Å². The summed E-state index contributed by atoms with van der Waals surface area (Å²) in [5.74, 6) is 1.01. The Bertz CT molecular complexity index is 1100. The highest BCUT2D eigenvalue weighted by Gasteiger charge is 2.31. The van der Waals surface area contributed by atoms with Gasteiger partial charge in [0.25, 0.3) is 0 Å². The highest BCUT2D eigenvalue weighted by Crippen LogP contribution is 2.34. The number of nitrogens with zero attached hydrogens (tertiary/aromatic N) is 3. The first-order valence-corrected chi connectivity index (χ1v) is 10.2. The zero-order chi connectivity index (χ0) is 22.2. The van der Waals surface area contributed by atoms with Gasteiger partial charge in [0.2, 0.25) is 5.95 Å². The molecular formula is C22H25F3N6. The van der Waals surface area contributed by atoms with E-state index in [1.165, 1.54) is 6.07 Å². The Balaban J connectivity index is 1.74. The van der Waals surface area contributed by atoms with Crippen molar-refractivity contribution in [2.24, 2.45) is 0 Å². The van der Waals surface area contributed by atoms with Crippen molar-refractivity contribution in [3.63, 3.8) is 0 Å². The van der Waals surface area contributed by atoms with E-state index in [-0.39, 0.29) is 17.3 Å². The SMILES string of the molecule is CCNC1CCN(c2nc(Nc3cc(N)cc(C(F)(F)F)c3)nc3c(C)cccc23)C1. The average molecular weight is 430 g/mol. The Morgan fingerprint density at radius 1 is 1.19 bits per heavy atom. The molecule has 4 rings (SSSR count). The number of rotatable bonds is 5. The Labute approximate surface area is 178 Å². The van der Waals surface area contributed by atoms with Crippen LogP contribution in [-0.2, 0) is 6.18 Å². The van der Waals surface area contributed by atoms with Crippen molar-refractivity contribution in [2.45, 2.75) is 32.5 Å². The summed E-state index contributed by atoms with van der Waals surface area (Å²) >= 11 is 0. The van der Waals surface area contributed by atoms with Gasteiger partial charge in [0, 0.05) is 35.9 Å². The first kappa shape index (κ1) is 21.2. The molecule has 0 radical (unpaired) electrons. The van der Waals surface area contributed by atoms with Crippen LogP contribution in [0.1, 0.15) is 24.5 Å². The number of nitrogens with two attached hydrogens (primary N) is 1. The molecule has 6 nitrogen and oxygen atoms in total. The van der Waals surface area contributed by atoms with E-state index in [0.29, 0.717) is 6.04 Å². The summed E-state index contributed by atoms with van der Waals surface area (Å²) in [6.45, 7) is 6.58. The third-order valence-corrected chi connectivity index (χ3v) is 5.43. The Hall–Kier alpha value is -3.07. The minimum Gasteiger partial charge on any atom is -0.399 e. The molecule has 2 heterocycles. The zero-order valence-corrected chi connectivity index (χ0v) is 17.4. The molecule has 1 aliphatic rings. The van der Waals surface area contributed by atoms with Crippen molar-refractivity contribution in [1.29, 1.82) is 0 Å². The van der Waals surface area contributed by atoms with E-state index in [1.807, 2.05) is 25.1 Å². The van der Waals surface area contributed by atoms with Gasteiger partial charge in [-0.2, -0.15) is 18.2 Å². The number of benzene rings is 2. The van der Waals surface area contributed by atoms with Gasteiger partial charge in [0.15, 0.2) is 0 Å². The fourth-order valence-corrected chi connectivity index (χ4v) is 4.00. The molecule has 0 aliphatic carbocycles. The predicted octanol–water partition coefficient (Wildman–Crippen LogP) is 4.47. The summed E-state index contributed by atoms with van der Waals surface area (Å²) in [7, 11) is 0. The Kier molecular flexibility index (Phi) is 5.62. The van der Waals surface area contributed by atoms with Crippen LogP contribution >= 0.6 is 0 Å². The summed E-state index contributed by atoms with van der Waals surface area (Å²) < 4.78 is 39.6. The Morgan fingerprint density at radius 2 is 2.00 bits per heavy atom. The van der Waals surface area contributed by atoms with Gasteiger partial charge >= 0.3 is 6.18 Å². The lowest BCUT2D eigenvalue weighted by Crippen LogP contribution is -2.32. The normalized spacial score (nSPS) is 16.8. The van der Waals surface area contributed by atoms with Crippen LogP contribution in [0, 0.1) is 6.92 Å². The van der Waals surface area contributed by atoms with Gasteiger partial charge in [0.05, 0.1) is 11.1 Å². The molecule has 4 N–H and O–H groups in total. The minimum absolute atomic E-state index is 0.0162. The fraction of sp³-hybridized carbons (Fsp3) is 0.364. The maximum atomic E-state index is 13.2. The molecule has 164 valence electrons. The first-order valence-electron chi connectivity index (χ1n) is 10.2. The molecule has 1 aromatic heterocycles. The molecule has 0 spiro atoms. The van der Waals surface area contributed by atoms with Crippen LogP contribution in [0.3, 0.4) is 0 Å². The van der Waals surface area contributed by atoms with Crippen LogP contribution in [-0.4, -0.2) is 35.6 Å².